The van der Waals surface area contributed by atoms with Gasteiger partial charge >= 0.3 is 0 Å². The number of rotatable bonds is 13. The predicted molar refractivity (Wildman–Crippen MR) is 70.6 cm³/mol. The molecule has 0 heterocycles. The van der Waals surface area contributed by atoms with Gasteiger partial charge in [-0.2, -0.15) is 0 Å². The molecule has 6 heteroatoms. The summed E-state index contributed by atoms with van der Waals surface area (Å²) in [4.78, 5) is 0. The van der Waals surface area contributed by atoms with Gasteiger partial charge in [0.25, 0.3) is 0 Å². The smallest absolute Gasteiger partial charge is 0.157 e. The molecular formula is C13H28O6. The first-order valence-electron chi connectivity index (χ1n) is 6.95. The second-order valence-electron chi connectivity index (χ2n) is 4.62. The van der Waals surface area contributed by atoms with Crippen molar-refractivity contribution in [3.63, 3.8) is 0 Å². The molecule has 4 N–H and O–H groups in total. The Morgan fingerprint density at radius 3 is 1.79 bits per heavy atom. The highest BCUT2D eigenvalue weighted by Crippen LogP contribution is 2.10. The zero-order valence-corrected chi connectivity index (χ0v) is 11.7. The Labute approximate surface area is 115 Å². The minimum atomic E-state index is -0.926. The van der Waals surface area contributed by atoms with E-state index in [0.29, 0.717) is 6.42 Å². The molecular weight excluding hydrogens is 252 g/mol. The maximum absolute atomic E-state index is 9.22. The van der Waals surface area contributed by atoms with Gasteiger partial charge in [-0.05, 0) is 12.8 Å². The maximum atomic E-state index is 9.22. The third-order valence-corrected chi connectivity index (χ3v) is 2.66. The molecule has 6 nitrogen and oxygen atoms in total. The molecule has 0 aliphatic carbocycles. The van der Waals surface area contributed by atoms with Crippen molar-refractivity contribution in [3.05, 3.63) is 0 Å². The lowest BCUT2D eigenvalue weighted by Gasteiger charge is -2.21. The lowest BCUT2D eigenvalue weighted by Crippen LogP contribution is -2.29. The first-order valence-corrected chi connectivity index (χ1v) is 6.95. The highest BCUT2D eigenvalue weighted by molar-refractivity contribution is 4.56. The molecule has 0 aromatic carbocycles. The molecule has 19 heavy (non-hydrogen) atoms. The van der Waals surface area contributed by atoms with E-state index in [1.807, 2.05) is 0 Å². The van der Waals surface area contributed by atoms with E-state index in [-0.39, 0.29) is 26.4 Å². The average Bonchev–Trinajstić information content (AvgIpc) is 2.44. The third-order valence-electron chi connectivity index (χ3n) is 2.66. The Balaban J connectivity index is 3.92. The molecule has 0 aromatic rings. The molecule has 0 amide bonds. The van der Waals surface area contributed by atoms with Crippen LogP contribution in [0.3, 0.4) is 0 Å². The van der Waals surface area contributed by atoms with Crippen LogP contribution in [0.4, 0.5) is 0 Å². The third kappa shape index (κ3) is 11.3. The number of ether oxygens (including phenoxy) is 2. The quantitative estimate of drug-likeness (QED) is 0.280. The van der Waals surface area contributed by atoms with Crippen molar-refractivity contribution in [2.24, 2.45) is 0 Å². The number of aliphatic hydroxyl groups excluding tert-OH is 4. The molecule has 0 bridgehead atoms. The fraction of sp³-hybridized carbons (Fsp3) is 1.00. The van der Waals surface area contributed by atoms with Crippen molar-refractivity contribution in [1.82, 2.24) is 0 Å². The van der Waals surface area contributed by atoms with Gasteiger partial charge in [0.1, 0.15) is 12.2 Å². The Bertz CT molecular complexity index is 176. The first kappa shape index (κ1) is 18.8. The lowest BCUT2D eigenvalue weighted by atomic mass is 10.1. The number of hydrogen-bond donors (Lipinski definition) is 4. The van der Waals surface area contributed by atoms with E-state index in [1.165, 1.54) is 0 Å². The molecule has 0 fully saturated rings. The molecule has 0 aromatic heterocycles. The molecule has 0 saturated carbocycles. The largest absolute Gasteiger partial charge is 0.394 e. The maximum Gasteiger partial charge on any atom is 0.157 e. The number of unbranched alkanes of at least 4 members (excludes halogenated alkanes) is 3. The van der Waals surface area contributed by atoms with Crippen molar-refractivity contribution in [2.45, 2.75) is 57.5 Å². The molecule has 2 unspecified atom stereocenters. The fourth-order valence-electron chi connectivity index (χ4n) is 1.49. The van der Waals surface area contributed by atoms with Crippen LogP contribution >= 0.6 is 0 Å². The van der Waals surface area contributed by atoms with Crippen LogP contribution in [0.25, 0.3) is 0 Å². The summed E-state index contributed by atoms with van der Waals surface area (Å²) < 4.78 is 10.7. The number of hydrogen-bond acceptors (Lipinski definition) is 6. The summed E-state index contributed by atoms with van der Waals surface area (Å²) in [5.41, 5.74) is 0. The van der Waals surface area contributed by atoms with Gasteiger partial charge in [-0.3, -0.25) is 0 Å². The van der Waals surface area contributed by atoms with Crippen LogP contribution in [0, 0.1) is 0 Å². The minimum Gasteiger partial charge on any atom is -0.394 e. The predicted octanol–water partition coefficient (Wildman–Crippen LogP) is 0.0225. The van der Waals surface area contributed by atoms with Gasteiger partial charge in [0.05, 0.1) is 26.4 Å². The number of aliphatic hydroxyl groups is 4. The summed E-state index contributed by atoms with van der Waals surface area (Å²) in [6, 6.07) is 0. The molecule has 0 aliphatic rings. The molecule has 2 atom stereocenters. The van der Waals surface area contributed by atoms with Gasteiger partial charge in [0, 0.05) is 0 Å². The topological polar surface area (TPSA) is 99.4 Å². The summed E-state index contributed by atoms with van der Waals surface area (Å²) >= 11 is 0. The first-order chi connectivity index (χ1) is 9.13. The van der Waals surface area contributed by atoms with Gasteiger partial charge in [-0.15, -0.1) is 0 Å². The van der Waals surface area contributed by atoms with Crippen molar-refractivity contribution in [3.8, 4) is 0 Å². The standard InChI is InChI=1S/C13H28O6/c1-2-3-4-5-6-13(18-9-11(16)7-14)19-10-12(17)8-15/h11-17H,2-10H2,1H3. The van der Waals surface area contributed by atoms with E-state index in [0.717, 1.165) is 25.7 Å². The van der Waals surface area contributed by atoms with Crippen molar-refractivity contribution in [2.75, 3.05) is 26.4 Å². The van der Waals surface area contributed by atoms with Gasteiger partial charge in [0.2, 0.25) is 0 Å². The Kier molecular flexibility index (Phi) is 12.6. The van der Waals surface area contributed by atoms with E-state index in [1.54, 1.807) is 0 Å². The normalized spacial score (nSPS) is 16.3. The molecule has 0 spiro atoms. The zero-order chi connectivity index (χ0) is 14.5. The van der Waals surface area contributed by atoms with Crippen molar-refractivity contribution >= 4 is 0 Å². The average molecular weight is 280 g/mol. The van der Waals surface area contributed by atoms with E-state index in [4.69, 9.17) is 19.7 Å². The fourth-order valence-corrected chi connectivity index (χ4v) is 1.49. The molecule has 0 rings (SSSR count). The molecule has 0 saturated heterocycles. The molecule has 0 aliphatic heterocycles. The Morgan fingerprint density at radius 2 is 1.37 bits per heavy atom. The Hall–Kier alpha value is -0.240. The summed E-state index contributed by atoms with van der Waals surface area (Å²) in [6.45, 7) is 1.39. The summed E-state index contributed by atoms with van der Waals surface area (Å²) in [5.74, 6) is 0. The van der Waals surface area contributed by atoms with Crippen molar-refractivity contribution < 1.29 is 29.9 Å². The van der Waals surface area contributed by atoms with Gasteiger partial charge in [-0.1, -0.05) is 26.2 Å². The van der Waals surface area contributed by atoms with Gasteiger partial charge in [-0.25, -0.2) is 0 Å². The lowest BCUT2D eigenvalue weighted by molar-refractivity contribution is -0.178. The second kappa shape index (κ2) is 12.8. The van der Waals surface area contributed by atoms with E-state index in [9.17, 15) is 10.2 Å². The van der Waals surface area contributed by atoms with Crippen LogP contribution < -0.4 is 0 Å². The summed E-state index contributed by atoms with van der Waals surface area (Å²) in [5, 5.41) is 35.9. The second-order valence-corrected chi connectivity index (χ2v) is 4.62. The summed E-state index contributed by atoms with van der Waals surface area (Å²) in [6.07, 6.45) is 2.57. The van der Waals surface area contributed by atoms with E-state index in [2.05, 4.69) is 6.92 Å². The van der Waals surface area contributed by atoms with Crippen LogP contribution in [0.1, 0.15) is 39.0 Å². The van der Waals surface area contributed by atoms with E-state index < -0.39 is 18.5 Å². The minimum absolute atomic E-state index is 0.00976. The van der Waals surface area contributed by atoms with E-state index >= 15 is 0 Å². The van der Waals surface area contributed by atoms with Crippen LogP contribution in [0.5, 0.6) is 0 Å². The highest BCUT2D eigenvalue weighted by Gasteiger charge is 2.14. The van der Waals surface area contributed by atoms with Crippen LogP contribution in [0.2, 0.25) is 0 Å². The van der Waals surface area contributed by atoms with Gasteiger partial charge < -0.3 is 29.9 Å². The highest BCUT2D eigenvalue weighted by atomic mass is 16.7. The van der Waals surface area contributed by atoms with Crippen LogP contribution in [0.15, 0.2) is 0 Å². The molecule has 0 radical (unpaired) electrons. The monoisotopic (exact) mass is 280 g/mol. The van der Waals surface area contributed by atoms with Crippen molar-refractivity contribution in [1.29, 1.82) is 0 Å². The van der Waals surface area contributed by atoms with Gasteiger partial charge in [0.15, 0.2) is 6.29 Å². The van der Waals surface area contributed by atoms with Crippen LogP contribution in [-0.2, 0) is 9.47 Å². The SMILES string of the molecule is CCCCCCC(OCC(O)CO)OCC(O)CO. The summed E-state index contributed by atoms with van der Waals surface area (Å²) in [7, 11) is 0. The van der Waals surface area contributed by atoms with Crippen LogP contribution in [-0.4, -0.2) is 65.4 Å². The molecule has 116 valence electrons. The zero-order valence-electron chi connectivity index (χ0n) is 11.7. The Morgan fingerprint density at radius 1 is 0.842 bits per heavy atom.